The van der Waals surface area contributed by atoms with Gasteiger partial charge in [0.05, 0.1) is 6.04 Å². The van der Waals surface area contributed by atoms with E-state index in [2.05, 4.69) is 15.5 Å². The molecule has 0 saturated heterocycles. The number of benzene rings is 2. The molecule has 0 spiro atoms. The number of rotatable bonds is 5. The maximum atomic E-state index is 12.7. The Morgan fingerprint density at radius 1 is 1.32 bits per heavy atom. The molecule has 1 amide bonds. The highest BCUT2D eigenvalue weighted by Gasteiger charge is 2.23. The number of hydrogen-bond acceptors (Lipinski definition) is 6. The SMILES string of the molecule is Cc1nc(COc2ccc(C(=O)N[C@@H]3CCSc4ccc(Cl)cc43)cc2)no1. The largest absolute Gasteiger partial charge is 0.485 e. The summed E-state index contributed by atoms with van der Waals surface area (Å²) >= 11 is 7.93. The molecule has 2 heterocycles. The average Bonchev–Trinajstić information content (AvgIpc) is 3.12. The Morgan fingerprint density at radius 3 is 2.89 bits per heavy atom. The topological polar surface area (TPSA) is 77.2 Å². The summed E-state index contributed by atoms with van der Waals surface area (Å²) in [6, 6.07) is 12.8. The number of aryl methyl sites for hydroxylation is 1. The van der Waals surface area contributed by atoms with Gasteiger partial charge in [-0.05, 0) is 54.4 Å². The van der Waals surface area contributed by atoms with Gasteiger partial charge in [-0.15, -0.1) is 11.8 Å². The van der Waals surface area contributed by atoms with Gasteiger partial charge in [0, 0.05) is 28.2 Å². The Morgan fingerprint density at radius 2 is 2.14 bits per heavy atom. The summed E-state index contributed by atoms with van der Waals surface area (Å²) in [6.45, 7) is 1.93. The quantitative estimate of drug-likeness (QED) is 0.657. The Kier molecular flexibility index (Phi) is 5.54. The predicted molar refractivity (Wildman–Crippen MR) is 107 cm³/mol. The second-order valence-electron chi connectivity index (χ2n) is 6.39. The minimum absolute atomic E-state index is 0.0418. The van der Waals surface area contributed by atoms with E-state index in [0.29, 0.717) is 28.1 Å². The van der Waals surface area contributed by atoms with Crippen LogP contribution >= 0.6 is 23.4 Å². The lowest BCUT2D eigenvalue weighted by Crippen LogP contribution is -2.30. The molecule has 4 rings (SSSR count). The van der Waals surface area contributed by atoms with Gasteiger partial charge in [0.1, 0.15) is 5.75 Å². The van der Waals surface area contributed by atoms with Crippen LogP contribution in [0.4, 0.5) is 0 Å². The molecule has 0 unspecified atom stereocenters. The summed E-state index contributed by atoms with van der Waals surface area (Å²) in [6.07, 6.45) is 0.870. The average molecular weight is 416 g/mol. The highest BCUT2D eigenvalue weighted by Crippen LogP contribution is 2.37. The van der Waals surface area contributed by atoms with E-state index in [-0.39, 0.29) is 18.6 Å². The highest BCUT2D eigenvalue weighted by molar-refractivity contribution is 7.99. The molecule has 0 saturated carbocycles. The smallest absolute Gasteiger partial charge is 0.251 e. The van der Waals surface area contributed by atoms with E-state index in [1.54, 1.807) is 43.0 Å². The van der Waals surface area contributed by atoms with Crippen molar-refractivity contribution in [3.05, 3.63) is 70.3 Å². The van der Waals surface area contributed by atoms with Crippen LogP contribution < -0.4 is 10.1 Å². The monoisotopic (exact) mass is 415 g/mol. The highest BCUT2D eigenvalue weighted by atomic mass is 35.5. The maximum absolute atomic E-state index is 12.7. The number of thioether (sulfide) groups is 1. The van der Waals surface area contributed by atoms with Gasteiger partial charge in [0.2, 0.25) is 11.7 Å². The van der Waals surface area contributed by atoms with E-state index in [4.69, 9.17) is 20.9 Å². The van der Waals surface area contributed by atoms with Gasteiger partial charge < -0.3 is 14.6 Å². The second kappa shape index (κ2) is 8.24. The van der Waals surface area contributed by atoms with Crippen LogP contribution in [0.5, 0.6) is 5.75 Å². The predicted octanol–water partition coefficient (Wildman–Crippen LogP) is 4.58. The van der Waals surface area contributed by atoms with Crippen LogP contribution in [0.2, 0.25) is 5.02 Å². The minimum Gasteiger partial charge on any atom is -0.485 e. The number of nitrogens with zero attached hydrogens (tertiary/aromatic N) is 2. The van der Waals surface area contributed by atoms with Crippen molar-refractivity contribution in [1.82, 2.24) is 15.5 Å². The van der Waals surface area contributed by atoms with Crippen LogP contribution in [-0.2, 0) is 6.61 Å². The molecule has 1 N–H and O–H groups in total. The van der Waals surface area contributed by atoms with E-state index in [9.17, 15) is 4.79 Å². The molecular formula is C20H18ClN3O3S. The first-order valence-electron chi connectivity index (χ1n) is 8.83. The molecule has 28 heavy (non-hydrogen) atoms. The molecule has 144 valence electrons. The molecule has 0 bridgehead atoms. The molecule has 1 aromatic heterocycles. The summed E-state index contributed by atoms with van der Waals surface area (Å²) in [5.74, 6) is 2.44. The van der Waals surface area contributed by atoms with Gasteiger partial charge in [-0.2, -0.15) is 4.98 Å². The normalized spacial score (nSPS) is 15.7. The number of hydrogen-bond donors (Lipinski definition) is 1. The Balaban J connectivity index is 1.40. The van der Waals surface area contributed by atoms with Crippen LogP contribution in [-0.4, -0.2) is 21.8 Å². The lowest BCUT2D eigenvalue weighted by molar-refractivity contribution is 0.0935. The van der Waals surface area contributed by atoms with Crippen molar-refractivity contribution in [3.8, 4) is 5.75 Å². The lowest BCUT2D eigenvalue weighted by Gasteiger charge is -2.26. The van der Waals surface area contributed by atoms with Crippen LogP contribution in [0.25, 0.3) is 0 Å². The standard InChI is InChI=1S/C20H18ClN3O3S/c1-12-22-19(24-27-12)11-26-15-5-2-13(3-6-15)20(25)23-17-8-9-28-18-7-4-14(21)10-16(17)18/h2-7,10,17H,8-9,11H2,1H3,(H,23,25)/t17-/m1/s1. The molecule has 0 fully saturated rings. The van der Waals surface area contributed by atoms with E-state index in [1.165, 1.54) is 4.90 Å². The van der Waals surface area contributed by atoms with Crippen LogP contribution in [0, 0.1) is 6.92 Å². The third-order valence-electron chi connectivity index (χ3n) is 4.37. The Labute approximate surface area is 171 Å². The van der Waals surface area contributed by atoms with Gasteiger partial charge in [-0.1, -0.05) is 16.8 Å². The molecule has 6 nitrogen and oxygen atoms in total. The molecule has 8 heteroatoms. The second-order valence-corrected chi connectivity index (χ2v) is 7.96. The number of halogens is 1. The number of ether oxygens (including phenoxy) is 1. The zero-order chi connectivity index (χ0) is 19.5. The van der Waals surface area contributed by atoms with Crippen molar-refractivity contribution >= 4 is 29.3 Å². The minimum atomic E-state index is -0.122. The first-order valence-corrected chi connectivity index (χ1v) is 10.2. The molecule has 0 aliphatic carbocycles. The third-order valence-corrected chi connectivity index (χ3v) is 5.73. The van der Waals surface area contributed by atoms with Gasteiger partial charge in [0.15, 0.2) is 6.61 Å². The van der Waals surface area contributed by atoms with Gasteiger partial charge in [-0.3, -0.25) is 4.79 Å². The van der Waals surface area contributed by atoms with Crippen molar-refractivity contribution < 1.29 is 14.1 Å². The molecule has 1 atom stereocenters. The van der Waals surface area contributed by atoms with E-state index < -0.39 is 0 Å². The summed E-state index contributed by atoms with van der Waals surface area (Å²) in [4.78, 5) is 17.9. The van der Waals surface area contributed by atoms with Crippen molar-refractivity contribution in [2.75, 3.05) is 5.75 Å². The van der Waals surface area contributed by atoms with E-state index in [0.717, 1.165) is 17.7 Å². The number of carbonyl (C=O) groups excluding carboxylic acids is 1. The molecular weight excluding hydrogens is 398 g/mol. The maximum Gasteiger partial charge on any atom is 0.251 e. The first-order chi connectivity index (χ1) is 13.6. The summed E-state index contributed by atoms with van der Waals surface area (Å²) in [7, 11) is 0. The van der Waals surface area contributed by atoms with Crippen molar-refractivity contribution in [2.45, 2.75) is 30.9 Å². The zero-order valence-corrected chi connectivity index (χ0v) is 16.7. The number of carbonyl (C=O) groups is 1. The first kappa shape index (κ1) is 18.8. The van der Waals surface area contributed by atoms with Gasteiger partial charge >= 0.3 is 0 Å². The Bertz CT molecular complexity index is 991. The fraction of sp³-hybridized carbons (Fsp3) is 0.250. The molecule has 1 aliphatic rings. The van der Waals surface area contributed by atoms with Crippen molar-refractivity contribution in [3.63, 3.8) is 0 Å². The third kappa shape index (κ3) is 4.31. The lowest BCUT2D eigenvalue weighted by atomic mass is 10.0. The molecule has 1 aliphatic heterocycles. The Hall–Kier alpha value is -2.51. The van der Waals surface area contributed by atoms with Crippen molar-refractivity contribution in [1.29, 1.82) is 0 Å². The van der Waals surface area contributed by atoms with Crippen LogP contribution in [0.3, 0.4) is 0 Å². The fourth-order valence-electron chi connectivity index (χ4n) is 3.01. The van der Waals surface area contributed by atoms with Crippen molar-refractivity contribution in [2.24, 2.45) is 0 Å². The number of nitrogens with one attached hydrogen (secondary N) is 1. The van der Waals surface area contributed by atoms with Crippen LogP contribution in [0.15, 0.2) is 51.9 Å². The van der Waals surface area contributed by atoms with Crippen LogP contribution in [0.1, 0.15) is 40.1 Å². The zero-order valence-electron chi connectivity index (χ0n) is 15.1. The number of amides is 1. The summed E-state index contributed by atoms with van der Waals surface area (Å²) in [5, 5.41) is 7.57. The molecule has 0 radical (unpaired) electrons. The number of fused-ring (bicyclic) bond motifs is 1. The molecule has 2 aromatic carbocycles. The van der Waals surface area contributed by atoms with E-state index in [1.807, 2.05) is 18.2 Å². The fourth-order valence-corrected chi connectivity index (χ4v) is 4.29. The number of aromatic nitrogens is 2. The summed E-state index contributed by atoms with van der Waals surface area (Å²) < 4.78 is 10.5. The van der Waals surface area contributed by atoms with Gasteiger partial charge in [0.25, 0.3) is 5.91 Å². The van der Waals surface area contributed by atoms with E-state index >= 15 is 0 Å². The summed E-state index contributed by atoms with van der Waals surface area (Å²) in [5.41, 5.74) is 1.65. The van der Waals surface area contributed by atoms with Gasteiger partial charge in [-0.25, -0.2) is 0 Å². The molecule has 3 aromatic rings.